The van der Waals surface area contributed by atoms with Crippen molar-refractivity contribution in [1.82, 2.24) is 26.1 Å². The maximum absolute atomic E-state index is 11.6. The lowest BCUT2D eigenvalue weighted by Crippen LogP contribution is -2.47. The third-order valence-corrected chi connectivity index (χ3v) is 2.29. The zero-order chi connectivity index (χ0) is 15.5. The molecule has 1 aromatic rings. The molecule has 0 atom stereocenters. The Labute approximate surface area is 123 Å². The average Bonchev–Trinajstić information content (AvgIpc) is 2.49. The molecular formula is C13H21N5O3. The summed E-state index contributed by atoms with van der Waals surface area (Å²) in [7, 11) is 0. The maximum atomic E-state index is 11.6. The fourth-order valence-electron chi connectivity index (χ4n) is 1.33. The van der Waals surface area contributed by atoms with E-state index in [1.54, 1.807) is 0 Å². The molecule has 0 saturated carbocycles. The van der Waals surface area contributed by atoms with E-state index in [0.29, 0.717) is 32.1 Å². The minimum atomic E-state index is -0.529. The van der Waals surface area contributed by atoms with Crippen LogP contribution in [0.4, 0.5) is 4.79 Å². The van der Waals surface area contributed by atoms with Gasteiger partial charge >= 0.3 is 6.03 Å². The number of ether oxygens (including phenoxy) is 1. The van der Waals surface area contributed by atoms with Gasteiger partial charge in [-0.25, -0.2) is 15.2 Å². The number of nitrogens with zero attached hydrogens (tertiary/aromatic N) is 2. The molecular weight excluding hydrogens is 274 g/mol. The standard InChI is InChI=1S/C13H21N5O3/c1-10(2)9-21-7-3-4-16-13(20)18-17-12(19)11-8-14-5-6-15-11/h5-6,8,10H,3-4,7,9H2,1-2H3,(H,17,19)(H2,16,18,20). The number of urea groups is 1. The van der Waals surface area contributed by atoms with Gasteiger partial charge in [-0.15, -0.1) is 0 Å². The van der Waals surface area contributed by atoms with Crippen molar-refractivity contribution in [2.75, 3.05) is 19.8 Å². The Morgan fingerprint density at radius 3 is 2.76 bits per heavy atom. The quantitative estimate of drug-likeness (QED) is 0.501. The van der Waals surface area contributed by atoms with E-state index in [0.717, 1.165) is 0 Å². The van der Waals surface area contributed by atoms with E-state index in [2.05, 4.69) is 40.0 Å². The van der Waals surface area contributed by atoms with Gasteiger partial charge in [0.25, 0.3) is 5.91 Å². The molecule has 0 spiro atoms. The van der Waals surface area contributed by atoms with E-state index >= 15 is 0 Å². The van der Waals surface area contributed by atoms with Crippen LogP contribution in [-0.4, -0.2) is 41.7 Å². The lowest BCUT2D eigenvalue weighted by Gasteiger charge is -2.09. The highest BCUT2D eigenvalue weighted by Gasteiger charge is 2.07. The zero-order valence-electron chi connectivity index (χ0n) is 12.3. The second kappa shape index (κ2) is 9.65. The molecule has 3 amide bonds. The minimum absolute atomic E-state index is 0.125. The van der Waals surface area contributed by atoms with Gasteiger partial charge in [-0.3, -0.25) is 15.2 Å². The van der Waals surface area contributed by atoms with Crippen LogP contribution in [0, 0.1) is 5.92 Å². The molecule has 8 heteroatoms. The monoisotopic (exact) mass is 295 g/mol. The Balaban J connectivity index is 2.08. The SMILES string of the molecule is CC(C)COCCCNC(=O)NNC(=O)c1cnccn1. The fraction of sp³-hybridized carbons (Fsp3) is 0.538. The van der Waals surface area contributed by atoms with Crippen LogP contribution in [0.25, 0.3) is 0 Å². The molecule has 0 aliphatic rings. The largest absolute Gasteiger partial charge is 0.381 e. The first kappa shape index (κ1) is 16.8. The molecule has 0 radical (unpaired) electrons. The first-order chi connectivity index (χ1) is 10.1. The minimum Gasteiger partial charge on any atom is -0.381 e. The maximum Gasteiger partial charge on any atom is 0.333 e. The molecule has 0 bridgehead atoms. The van der Waals surface area contributed by atoms with Crippen LogP contribution >= 0.6 is 0 Å². The lowest BCUT2D eigenvalue weighted by atomic mass is 10.2. The van der Waals surface area contributed by atoms with Crippen molar-refractivity contribution in [1.29, 1.82) is 0 Å². The predicted octanol–water partition coefficient (Wildman–Crippen LogP) is 0.483. The van der Waals surface area contributed by atoms with Crippen LogP contribution < -0.4 is 16.2 Å². The van der Waals surface area contributed by atoms with Gasteiger partial charge in [-0.05, 0) is 12.3 Å². The first-order valence-electron chi connectivity index (χ1n) is 6.77. The summed E-state index contributed by atoms with van der Waals surface area (Å²) in [4.78, 5) is 30.5. The highest BCUT2D eigenvalue weighted by atomic mass is 16.5. The van der Waals surface area contributed by atoms with E-state index in [1.807, 2.05) is 0 Å². The normalized spacial score (nSPS) is 10.2. The van der Waals surface area contributed by atoms with E-state index < -0.39 is 11.9 Å². The summed E-state index contributed by atoms with van der Waals surface area (Å²) < 4.78 is 5.38. The molecule has 0 aliphatic carbocycles. The number of hydrazine groups is 1. The van der Waals surface area contributed by atoms with Crippen LogP contribution in [0.5, 0.6) is 0 Å². The van der Waals surface area contributed by atoms with Crippen LogP contribution in [0.1, 0.15) is 30.8 Å². The first-order valence-corrected chi connectivity index (χ1v) is 6.77. The molecule has 0 unspecified atom stereocenters. The van der Waals surface area contributed by atoms with Crippen molar-refractivity contribution in [3.05, 3.63) is 24.3 Å². The van der Waals surface area contributed by atoms with Crippen molar-refractivity contribution in [2.45, 2.75) is 20.3 Å². The highest BCUT2D eigenvalue weighted by Crippen LogP contribution is 1.92. The summed E-state index contributed by atoms with van der Waals surface area (Å²) in [6.07, 6.45) is 4.86. The van der Waals surface area contributed by atoms with E-state index in [4.69, 9.17) is 4.74 Å². The second-order valence-corrected chi connectivity index (χ2v) is 4.75. The number of aromatic nitrogens is 2. The summed E-state index contributed by atoms with van der Waals surface area (Å²) in [5.41, 5.74) is 4.59. The van der Waals surface area contributed by atoms with Gasteiger partial charge in [-0.1, -0.05) is 13.8 Å². The number of amides is 3. The Bertz CT molecular complexity index is 439. The van der Waals surface area contributed by atoms with Crippen molar-refractivity contribution < 1.29 is 14.3 Å². The lowest BCUT2D eigenvalue weighted by molar-refractivity contribution is 0.0929. The number of hydrogen-bond acceptors (Lipinski definition) is 5. The Kier molecular flexibility index (Phi) is 7.73. The summed E-state index contributed by atoms with van der Waals surface area (Å²) >= 11 is 0. The summed E-state index contributed by atoms with van der Waals surface area (Å²) in [6, 6.07) is -0.490. The number of rotatable bonds is 7. The molecule has 1 aromatic heterocycles. The van der Waals surface area contributed by atoms with Crippen LogP contribution in [0.2, 0.25) is 0 Å². The predicted molar refractivity (Wildman–Crippen MR) is 76.3 cm³/mol. The number of carbonyl (C=O) groups excluding carboxylic acids is 2. The Morgan fingerprint density at radius 2 is 2.10 bits per heavy atom. The van der Waals surface area contributed by atoms with Gasteiger partial charge in [0, 0.05) is 32.2 Å². The number of carbonyl (C=O) groups is 2. The van der Waals surface area contributed by atoms with Gasteiger partial charge in [0.2, 0.25) is 0 Å². The van der Waals surface area contributed by atoms with Crippen LogP contribution in [0.3, 0.4) is 0 Å². The zero-order valence-corrected chi connectivity index (χ0v) is 12.3. The molecule has 0 saturated heterocycles. The van der Waals surface area contributed by atoms with E-state index in [9.17, 15) is 9.59 Å². The fourth-order valence-corrected chi connectivity index (χ4v) is 1.33. The van der Waals surface area contributed by atoms with Crippen molar-refractivity contribution in [3.63, 3.8) is 0 Å². The Morgan fingerprint density at radius 1 is 1.29 bits per heavy atom. The molecule has 8 nitrogen and oxygen atoms in total. The molecule has 1 heterocycles. The topological polar surface area (TPSA) is 105 Å². The van der Waals surface area contributed by atoms with Crippen LogP contribution in [0.15, 0.2) is 18.6 Å². The van der Waals surface area contributed by atoms with Crippen molar-refractivity contribution >= 4 is 11.9 Å². The average molecular weight is 295 g/mol. The molecule has 1 rings (SSSR count). The second-order valence-electron chi connectivity index (χ2n) is 4.75. The summed E-state index contributed by atoms with van der Waals surface area (Å²) in [5, 5.41) is 2.60. The number of hydrogen-bond donors (Lipinski definition) is 3. The van der Waals surface area contributed by atoms with Gasteiger partial charge in [0.15, 0.2) is 0 Å². The van der Waals surface area contributed by atoms with E-state index in [1.165, 1.54) is 18.6 Å². The summed E-state index contributed by atoms with van der Waals surface area (Å²) in [5.74, 6) is -0.0314. The van der Waals surface area contributed by atoms with E-state index in [-0.39, 0.29) is 5.69 Å². The van der Waals surface area contributed by atoms with Crippen molar-refractivity contribution in [2.24, 2.45) is 5.92 Å². The molecule has 0 aliphatic heterocycles. The molecule has 0 fully saturated rings. The van der Waals surface area contributed by atoms with Crippen molar-refractivity contribution in [3.8, 4) is 0 Å². The number of nitrogens with one attached hydrogen (secondary N) is 3. The molecule has 3 N–H and O–H groups in total. The van der Waals surface area contributed by atoms with Crippen LogP contribution in [-0.2, 0) is 4.74 Å². The third kappa shape index (κ3) is 7.83. The Hall–Kier alpha value is -2.22. The smallest absolute Gasteiger partial charge is 0.333 e. The van der Waals surface area contributed by atoms with Gasteiger partial charge in [-0.2, -0.15) is 0 Å². The van der Waals surface area contributed by atoms with Gasteiger partial charge in [0.1, 0.15) is 5.69 Å². The molecule has 0 aromatic carbocycles. The highest BCUT2D eigenvalue weighted by molar-refractivity contribution is 5.93. The van der Waals surface area contributed by atoms with Gasteiger partial charge in [0.05, 0.1) is 6.20 Å². The molecule has 21 heavy (non-hydrogen) atoms. The van der Waals surface area contributed by atoms with Gasteiger partial charge < -0.3 is 10.1 Å². The molecule has 116 valence electrons. The summed E-state index contributed by atoms with van der Waals surface area (Å²) in [6.45, 7) is 5.91. The third-order valence-electron chi connectivity index (χ3n) is 2.29.